The lowest BCUT2D eigenvalue weighted by atomic mass is 10.1. The van der Waals surface area contributed by atoms with Crippen LogP contribution < -0.4 is 4.74 Å². The van der Waals surface area contributed by atoms with E-state index >= 15 is 0 Å². The Hall–Kier alpha value is -2.36. The molecule has 0 saturated heterocycles. The number of nitrogens with zero attached hydrogens (tertiary/aromatic N) is 2. The topological polar surface area (TPSA) is 54.2 Å². The van der Waals surface area contributed by atoms with Gasteiger partial charge < -0.3 is 9.84 Å². The highest BCUT2D eigenvalue weighted by Gasteiger charge is 2.03. The zero-order valence-corrected chi connectivity index (χ0v) is 14.5. The zero-order chi connectivity index (χ0) is 17.2. The summed E-state index contributed by atoms with van der Waals surface area (Å²) in [5.41, 5.74) is 2.53. The van der Waals surface area contributed by atoms with Crippen molar-refractivity contribution < 1.29 is 9.84 Å². The number of aromatic hydroxyl groups is 1. The molecular weight excluding hydrogens is 300 g/mol. The Morgan fingerprint density at radius 3 is 2.33 bits per heavy atom. The predicted molar refractivity (Wildman–Crippen MR) is 97.7 cm³/mol. The van der Waals surface area contributed by atoms with Crippen LogP contribution in [0, 0.1) is 0 Å². The lowest BCUT2D eigenvalue weighted by molar-refractivity contribution is 0.307. The molecule has 0 bridgehead atoms. The average molecular weight is 326 g/mol. The number of benzene rings is 2. The van der Waals surface area contributed by atoms with Gasteiger partial charge in [0.1, 0.15) is 17.2 Å². The van der Waals surface area contributed by atoms with Crippen LogP contribution in [0.4, 0.5) is 11.4 Å². The summed E-state index contributed by atoms with van der Waals surface area (Å²) in [5.74, 6) is 0.729. The molecule has 0 atom stereocenters. The van der Waals surface area contributed by atoms with E-state index in [1.807, 2.05) is 12.1 Å². The molecule has 2 aromatic carbocycles. The van der Waals surface area contributed by atoms with E-state index in [0.717, 1.165) is 24.9 Å². The molecule has 4 nitrogen and oxygen atoms in total. The van der Waals surface area contributed by atoms with Crippen molar-refractivity contribution >= 4 is 11.4 Å². The highest BCUT2D eigenvalue weighted by Crippen LogP contribution is 2.32. The molecule has 128 valence electrons. The first-order valence-electron chi connectivity index (χ1n) is 8.69. The summed E-state index contributed by atoms with van der Waals surface area (Å²) in [7, 11) is 0. The molecule has 4 heteroatoms. The van der Waals surface area contributed by atoms with Crippen LogP contribution in [0.5, 0.6) is 11.5 Å². The van der Waals surface area contributed by atoms with Crippen molar-refractivity contribution in [2.45, 2.75) is 46.0 Å². The van der Waals surface area contributed by atoms with Gasteiger partial charge in [-0.15, -0.1) is 5.11 Å². The maximum Gasteiger partial charge on any atom is 0.146 e. The summed E-state index contributed by atoms with van der Waals surface area (Å²) in [4.78, 5) is 0. The van der Waals surface area contributed by atoms with Crippen LogP contribution in [0.3, 0.4) is 0 Å². The van der Waals surface area contributed by atoms with E-state index in [4.69, 9.17) is 4.74 Å². The summed E-state index contributed by atoms with van der Waals surface area (Å²) < 4.78 is 5.56. The third-order valence-electron chi connectivity index (χ3n) is 3.74. The van der Waals surface area contributed by atoms with Gasteiger partial charge >= 0.3 is 0 Å². The highest BCUT2D eigenvalue weighted by molar-refractivity contribution is 5.54. The third kappa shape index (κ3) is 5.69. The molecule has 0 aliphatic rings. The van der Waals surface area contributed by atoms with E-state index in [2.05, 4.69) is 36.2 Å². The SMILES string of the molecule is CCCCOc1ccc(N=Nc2ccc(CCCC)cc2)c(O)c1. The standard InChI is InChI=1S/C20H26N2O2/c1-3-5-7-16-8-10-17(11-9-16)21-22-19-13-12-18(15-20(19)23)24-14-6-4-2/h8-13,15,23H,3-7,14H2,1-2H3. The van der Waals surface area contributed by atoms with E-state index in [1.165, 1.54) is 18.4 Å². The average Bonchev–Trinajstić information content (AvgIpc) is 2.60. The minimum Gasteiger partial charge on any atom is -0.505 e. The molecule has 1 N–H and O–H groups in total. The van der Waals surface area contributed by atoms with Gasteiger partial charge in [-0.1, -0.05) is 38.8 Å². The fourth-order valence-electron chi connectivity index (χ4n) is 2.23. The second-order valence-corrected chi connectivity index (χ2v) is 5.82. The number of hydrogen-bond donors (Lipinski definition) is 1. The molecule has 0 spiro atoms. The number of ether oxygens (including phenoxy) is 1. The fraction of sp³-hybridized carbons (Fsp3) is 0.400. The second kappa shape index (κ2) is 9.71. The normalized spacial score (nSPS) is 11.1. The van der Waals surface area contributed by atoms with Gasteiger partial charge in [0, 0.05) is 6.07 Å². The van der Waals surface area contributed by atoms with E-state index in [-0.39, 0.29) is 5.75 Å². The number of azo groups is 1. The fourth-order valence-corrected chi connectivity index (χ4v) is 2.23. The molecule has 0 radical (unpaired) electrons. The van der Waals surface area contributed by atoms with Crippen LogP contribution in [-0.2, 0) is 6.42 Å². The summed E-state index contributed by atoms with van der Waals surface area (Å²) in [6.45, 7) is 4.96. The highest BCUT2D eigenvalue weighted by atomic mass is 16.5. The molecule has 2 aromatic rings. The van der Waals surface area contributed by atoms with Crippen LogP contribution in [-0.4, -0.2) is 11.7 Å². The quantitative estimate of drug-likeness (QED) is 0.432. The molecule has 0 amide bonds. The van der Waals surface area contributed by atoms with Gasteiger partial charge in [0.25, 0.3) is 0 Å². The first-order chi connectivity index (χ1) is 11.7. The van der Waals surface area contributed by atoms with Gasteiger partial charge in [0.15, 0.2) is 0 Å². The molecule has 0 heterocycles. The van der Waals surface area contributed by atoms with Crippen molar-refractivity contribution in [3.8, 4) is 11.5 Å². The molecule has 24 heavy (non-hydrogen) atoms. The van der Waals surface area contributed by atoms with Gasteiger partial charge in [0.2, 0.25) is 0 Å². The zero-order valence-electron chi connectivity index (χ0n) is 14.5. The van der Waals surface area contributed by atoms with Crippen molar-refractivity contribution in [3.05, 3.63) is 48.0 Å². The lowest BCUT2D eigenvalue weighted by Crippen LogP contribution is -1.95. The first kappa shape index (κ1) is 18.0. The second-order valence-electron chi connectivity index (χ2n) is 5.82. The van der Waals surface area contributed by atoms with Gasteiger partial charge in [0.05, 0.1) is 12.3 Å². The summed E-state index contributed by atoms with van der Waals surface area (Å²) in [6.07, 6.45) is 5.56. The minimum atomic E-state index is 0.0762. The summed E-state index contributed by atoms with van der Waals surface area (Å²) in [6, 6.07) is 13.2. The Labute approximate surface area is 144 Å². The Kier molecular flexibility index (Phi) is 7.27. The molecule has 0 aliphatic heterocycles. The Morgan fingerprint density at radius 1 is 0.917 bits per heavy atom. The number of unbranched alkanes of at least 4 members (excludes halogenated alkanes) is 2. The van der Waals surface area contributed by atoms with Crippen molar-refractivity contribution in [2.24, 2.45) is 10.2 Å². The van der Waals surface area contributed by atoms with Gasteiger partial charge in [-0.05, 0) is 49.1 Å². The monoisotopic (exact) mass is 326 g/mol. The molecule has 0 fully saturated rings. The smallest absolute Gasteiger partial charge is 0.146 e. The Morgan fingerprint density at radius 2 is 1.67 bits per heavy atom. The van der Waals surface area contributed by atoms with Crippen molar-refractivity contribution in [1.82, 2.24) is 0 Å². The maximum atomic E-state index is 10.0. The van der Waals surface area contributed by atoms with Crippen LogP contribution in [0.15, 0.2) is 52.7 Å². The number of rotatable bonds is 9. The van der Waals surface area contributed by atoms with Gasteiger partial charge in [-0.3, -0.25) is 0 Å². The summed E-state index contributed by atoms with van der Waals surface area (Å²) >= 11 is 0. The number of phenols is 1. The van der Waals surface area contributed by atoms with Crippen LogP contribution in [0.25, 0.3) is 0 Å². The molecule has 0 aromatic heterocycles. The third-order valence-corrected chi connectivity index (χ3v) is 3.74. The first-order valence-corrected chi connectivity index (χ1v) is 8.69. The number of hydrogen-bond acceptors (Lipinski definition) is 4. The van der Waals surface area contributed by atoms with E-state index in [0.29, 0.717) is 18.0 Å². The summed E-state index contributed by atoms with van der Waals surface area (Å²) in [5, 5.41) is 18.3. The molecule has 0 aliphatic carbocycles. The largest absolute Gasteiger partial charge is 0.505 e. The molecule has 0 saturated carbocycles. The lowest BCUT2D eigenvalue weighted by Gasteiger charge is -2.06. The minimum absolute atomic E-state index is 0.0762. The molecular formula is C20H26N2O2. The number of phenolic OH excluding ortho intramolecular Hbond substituents is 1. The van der Waals surface area contributed by atoms with Crippen molar-refractivity contribution in [2.75, 3.05) is 6.61 Å². The Bertz CT molecular complexity index is 651. The van der Waals surface area contributed by atoms with Crippen LogP contribution in [0.1, 0.15) is 45.1 Å². The van der Waals surface area contributed by atoms with E-state index in [9.17, 15) is 5.11 Å². The van der Waals surface area contributed by atoms with Gasteiger partial charge in [-0.25, -0.2) is 0 Å². The maximum absolute atomic E-state index is 10.0. The van der Waals surface area contributed by atoms with E-state index < -0.39 is 0 Å². The van der Waals surface area contributed by atoms with E-state index in [1.54, 1.807) is 18.2 Å². The molecule has 2 rings (SSSR count). The predicted octanol–water partition coefficient (Wildman–Crippen LogP) is 6.33. The van der Waals surface area contributed by atoms with Crippen LogP contribution >= 0.6 is 0 Å². The van der Waals surface area contributed by atoms with Crippen molar-refractivity contribution in [1.29, 1.82) is 0 Å². The van der Waals surface area contributed by atoms with Crippen molar-refractivity contribution in [3.63, 3.8) is 0 Å². The Balaban J connectivity index is 1.98. The number of aryl methyl sites for hydroxylation is 1. The van der Waals surface area contributed by atoms with Crippen LogP contribution in [0.2, 0.25) is 0 Å². The van der Waals surface area contributed by atoms with Gasteiger partial charge in [-0.2, -0.15) is 5.11 Å². The molecule has 0 unspecified atom stereocenters.